The summed E-state index contributed by atoms with van der Waals surface area (Å²) < 4.78 is 24.6. The van der Waals surface area contributed by atoms with Crippen LogP contribution in [0.25, 0.3) is 0 Å². The van der Waals surface area contributed by atoms with Gasteiger partial charge in [-0.25, -0.2) is 13.1 Å². The number of rotatable bonds is 5. The molecule has 0 heterocycles. The van der Waals surface area contributed by atoms with Crippen LogP contribution in [0, 0.1) is 5.41 Å². The SMILES string of the molecule is CCS(=O)(=O)NCC(C)(C)C(N)=NO. The topological polar surface area (TPSA) is 105 Å². The van der Waals surface area contributed by atoms with Crippen molar-refractivity contribution >= 4 is 15.9 Å². The van der Waals surface area contributed by atoms with E-state index < -0.39 is 15.4 Å². The molecule has 4 N–H and O–H groups in total. The van der Waals surface area contributed by atoms with E-state index in [-0.39, 0.29) is 18.1 Å². The zero-order valence-electron chi connectivity index (χ0n) is 8.61. The van der Waals surface area contributed by atoms with E-state index in [1.807, 2.05) is 0 Å². The van der Waals surface area contributed by atoms with E-state index in [1.54, 1.807) is 20.8 Å². The Morgan fingerprint density at radius 3 is 2.43 bits per heavy atom. The third kappa shape index (κ3) is 3.93. The van der Waals surface area contributed by atoms with Gasteiger partial charge in [0.1, 0.15) is 5.84 Å². The summed E-state index contributed by atoms with van der Waals surface area (Å²) in [6.07, 6.45) is 0. The van der Waals surface area contributed by atoms with Crippen LogP contribution in [-0.2, 0) is 10.0 Å². The molecule has 6 nitrogen and oxygen atoms in total. The van der Waals surface area contributed by atoms with Gasteiger partial charge in [-0.15, -0.1) is 0 Å². The Bertz CT molecular complexity index is 308. The molecule has 0 spiro atoms. The Morgan fingerprint density at radius 1 is 1.57 bits per heavy atom. The minimum Gasteiger partial charge on any atom is -0.409 e. The van der Waals surface area contributed by atoms with Gasteiger partial charge < -0.3 is 10.9 Å². The van der Waals surface area contributed by atoms with E-state index in [9.17, 15) is 8.42 Å². The molecule has 0 aromatic rings. The zero-order chi connectivity index (χ0) is 11.4. The highest BCUT2D eigenvalue weighted by Crippen LogP contribution is 2.13. The molecule has 14 heavy (non-hydrogen) atoms. The number of amidine groups is 1. The summed E-state index contributed by atoms with van der Waals surface area (Å²) in [5.41, 5.74) is 4.69. The number of nitrogens with one attached hydrogen (secondary N) is 1. The predicted molar refractivity (Wildman–Crippen MR) is 54.7 cm³/mol. The first-order chi connectivity index (χ1) is 6.25. The molecule has 0 aliphatic heterocycles. The van der Waals surface area contributed by atoms with Crippen LogP contribution in [0.2, 0.25) is 0 Å². The van der Waals surface area contributed by atoms with Gasteiger partial charge in [-0.1, -0.05) is 19.0 Å². The van der Waals surface area contributed by atoms with Crippen LogP contribution in [0.15, 0.2) is 5.16 Å². The fraction of sp³-hybridized carbons (Fsp3) is 0.857. The summed E-state index contributed by atoms with van der Waals surface area (Å²) in [6.45, 7) is 5.01. The fourth-order valence-electron chi connectivity index (χ4n) is 0.618. The Hall–Kier alpha value is -0.820. The Kier molecular flexibility index (Phi) is 4.34. The Morgan fingerprint density at radius 2 is 2.07 bits per heavy atom. The quantitative estimate of drug-likeness (QED) is 0.257. The van der Waals surface area contributed by atoms with Gasteiger partial charge in [0, 0.05) is 12.0 Å². The summed E-state index contributed by atoms with van der Waals surface area (Å²) in [5, 5.41) is 11.3. The lowest BCUT2D eigenvalue weighted by molar-refractivity contribution is 0.307. The maximum atomic E-state index is 11.1. The third-order valence-electron chi connectivity index (χ3n) is 1.92. The second-order valence-electron chi connectivity index (χ2n) is 3.59. The number of oxime groups is 1. The van der Waals surface area contributed by atoms with Gasteiger partial charge in [-0.2, -0.15) is 0 Å². The first-order valence-corrected chi connectivity index (χ1v) is 5.85. The van der Waals surface area contributed by atoms with E-state index in [0.717, 1.165) is 0 Å². The molecule has 0 fully saturated rings. The number of hydrogen-bond acceptors (Lipinski definition) is 4. The minimum atomic E-state index is -3.24. The molecule has 0 unspecified atom stereocenters. The van der Waals surface area contributed by atoms with Crippen molar-refractivity contribution in [2.45, 2.75) is 20.8 Å². The number of nitrogens with zero attached hydrogens (tertiary/aromatic N) is 1. The van der Waals surface area contributed by atoms with Crippen molar-refractivity contribution in [1.29, 1.82) is 0 Å². The standard InChI is InChI=1S/C7H17N3O3S/c1-4-14(12,13)9-5-7(2,3)6(8)10-11/h9,11H,4-5H2,1-3H3,(H2,8,10). The lowest BCUT2D eigenvalue weighted by Gasteiger charge is -2.22. The largest absolute Gasteiger partial charge is 0.409 e. The molecule has 0 aromatic heterocycles. The molecule has 0 aliphatic rings. The first-order valence-electron chi connectivity index (χ1n) is 4.20. The molecular formula is C7H17N3O3S. The summed E-state index contributed by atoms with van der Waals surface area (Å²) in [5.74, 6) is 0.00972. The molecule has 0 aliphatic carbocycles. The van der Waals surface area contributed by atoms with Crippen molar-refractivity contribution in [2.75, 3.05) is 12.3 Å². The molecule has 0 saturated heterocycles. The average molecular weight is 223 g/mol. The molecule has 0 aromatic carbocycles. The highest BCUT2D eigenvalue weighted by Gasteiger charge is 2.25. The second-order valence-corrected chi connectivity index (χ2v) is 5.69. The Labute approximate surface area is 84.2 Å². The normalized spacial score (nSPS) is 14.4. The van der Waals surface area contributed by atoms with Crippen molar-refractivity contribution in [3.63, 3.8) is 0 Å². The maximum Gasteiger partial charge on any atom is 0.211 e. The number of hydrogen-bond donors (Lipinski definition) is 3. The molecule has 0 radical (unpaired) electrons. The van der Waals surface area contributed by atoms with Crippen LogP contribution in [-0.4, -0.2) is 31.8 Å². The van der Waals surface area contributed by atoms with Gasteiger partial charge in [-0.3, -0.25) is 0 Å². The summed E-state index contributed by atoms with van der Waals surface area (Å²) in [6, 6.07) is 0. The molecule has 0 saturated carbocycles. The maximum absolute atomic E-state index is 11.1. The summed E-state index contributed by atoms with van der Waals surface area (Å²) in [7, 11) is -3.24. The molecular weight excluding hydrogens is 206 g/mol. The molecule has 7 heteroatoms. The first kappa shape index (κ1) is 13.2. The monoisotopic (exact) mass is 223 g/mol. The van der Waals surface area contributed by atoms with Crippen LogP contribution in [0.3, 0.4) is 0 Å². The summed E-state index contributed by atoms with van der Waals surface area (Å²) >= 11 is 0. The van der Waals surface area contributed by atoms with Crippen molar-refractivity contribution < 1.29 is 13.6 Å². The fourth-order valence-corrected chi connectivity index (χ4v) is 1.40. The van der Waals surface area contributed by atoms with E-state index in [2.05, 4.69) is 9.88 Å². The smallest absolute Gasteiger partial charge is 0.211 e. The zero-order valence-corrected chi connectivity index (χ0v) is 9.43. The van der Waals surface area contributed by atoms with Crippen LogP contribution < -0.4 is 10.5 Å². The van der Waals surface area contributed by atoms with Gasteiger partial charge in [0.15, 0.2) is 0 Å². The van der Waals surface area contributed by atoms with Gasteiger partial charge >= 0.3 is 0 Å². The molecule has 0 amide bonds. The highest BCUT2D eigenvalue weighted by molar-refractivity contribution is 7.89. The lowest BCUT2D eigenvalue weighted by Crippen LogP contribution is -2.42. The van der Waals surface area contributed by atoms with Crippen molar-refractivity contribution in [3.8, 4) is 0 Å². The van der Waals surface area contributed by atoms with Gasteiger partial charge in [0.25, 0.3) is 0 Å². The van der Waals surface area contributed by atoms with Gasteiger partial charge in [-0.05, 0) is 6.92 Å². The van der Waals surface area contributed by atoms with Crippen molar-refractivity contribution in [3.05, 3.63) is 0 Å². The number of sulfonamides is 1. The molecule has 0 atom stereocenters. The van der Waals surface area contributed by atoms with Crippen LogP contribution in [0.1, 0.15) is 20.8 Å². The Balaban J connectivity index is 4.41. The number of nitrogens with two attached hydrogens (primary N) is 1. The van der Waals surface area contributed by atoms with Crippen LogP contribution >= 0.6 is 0 Å². The van der Waals surface area contributed by atoms with E-state index in [4.69, 9.17) is 10.9 Å². The third-order valence-corrected chi connectivity index (χ3v) is 3.26. The molecule has 0 rings (SSSR count). The molecule has 84 valence electrons. The van der Waals surface area contributed by atoms with Crippen LogP contribution in [0.5, 0.6) is 0 Å². The summed E-state index contributed by atoms with van der Waals surface area (Å²) in [4.78, 5) is 0. The second kappa shape index (κ2) is 4.61. The predicted octanol–water partition coefficient (Wildman–Crippen LogP) is -0.302. The van der Waals surface area contributed by atoms with Crippen LogP contribution in [0.4, 0.5) is 0 Å². The lowest BCUT2D eigenvalue weighted by atomic mass is 9.93. The van der Waals surface area contributed by atoms with E-state index >= 15 is 0 Å². The molecule has 0 bridgehead atoms. The van der Waals surface area contributed by atoms with Gasteiger partial charge in [0.2, 0.25) is 10.0 Å². The average Bonchev–Trinajstić information content (AvgIpc) is 2.14. The van der Waals surface area contributed by atoms with E-state index in [0.29, 0.717) is 0 Å². The minimum absolute atomic E-state index is 0.00342. The highest BCUT2D eigenvalue weighted by atomic mass is 32.2. The van der Waals surface area contributed by atoms with Crippen molar-refractivity contribution in [2.24, 2.45) is 16.3 Å². The van der Waals surface area contributed by atoms with E-state index in [1.165, 1.54) is 0 Å². The van der Waals surface area contributed by atoms with Crippen molar-refractivity contribution in [1.82, 2.24) is 4.72 Å². The van der Waals surface area contributed by atoms with Gasteiger partial charge in [0.05, 0.1) is 5.75 Å².